The van der Waals surface area contributed by atoms with Gasteiger partial charge in [0.05, 0.1) is 0 Å². The second-order valence-corrected chi connectivity index (χ2v) is 7.93. The van der Waals surface area contributed by atoms with Gasteiger partial charge in [0, 0.05) is 33.4 Å². The van der Waals surface area contributed by atoms with Gasteiger partial charge in [0.1, 0.15) is 10.6 Å². The van der Waals surface area contributed by atoms with Gasteiger partial charge in [0.25, 0.3) is 5.91 Å². The van der Waals surface area contributed by atoms with Gasteiger partial charge in [-0.05, 0) is 44.8 Å². The third kappa shape index (κ3) is 4.50. The zero-order chi connectivity index (χ0) is 17.0. The van der Waals surface area contributed by atoms with E-state index in [1.165, 1.54) is 23.6 Å². The molecular weight excluding hydrogens is 352 g/mol. The summed E-state index contributed by atoms with van der Waals surface area (Å²) in [5.74, 6) is 0.283. The van der Waals surface area contributed by atoms with Gasteiger partial charge in [-0.1, -0.05) is 0 Å². The molecule has 0 bridgehead atoms. The molecule has 138 valence electrons. The van der Waals surface area contributed by atoms with E-state index in [-0.39, 0.29) is 23.2 Å². The van der Waals surface area contributed by atoms with E-state index >= 15 is 0 Å². The van der Waals surface area contributed by atoms with Crippen LogP contribution in [0.3, 0.4) is 0 Å². The third-order valence-electron chi connectivity index (χ3n) is 4.45. The van der Waals surface area contributed by atoms with Gasteiger partial charge in [-0.2, -0.15) is 4.31 Å². The zero-order valence-corrected chi connectivity index (χ0v) is 16.0. The summed E-state index contributed by atoms with van der Waals surface area (Å²) in [7, 11) is 1.60. The molecule has 7 nitrogen and oxygen atoms in total. The Labute approximate surface area is 150 Å². The summed E-state index contributed by atoms with van der Waals surface area (Å²) >= 11 is 0. The standard InChI is InChI=1S/C15H26N4O3S.ClH/c1-16-7-4-12-5-8-19(9-6-12)23(21,22)13-10-14(15(20)17-2)18(3)11-13;/h10-12,16H,4-9H2,1-3H3,(H,17,20);1H. The second-order valence-electron chi connectivity index (χ2n) is 5.99. The number of rotatable bonds is 6. The van der Waals surface area contributed by atoms with Crippen LogP contribution in [0, 0.1) is 5.92 Å². The first-order valence-corrected chi connectivity index (χ1v) is 9.37. The van der Waals surface area contributed by atoms with Crippen LogP contribution in [0.25, 0.3) is 0 Å². The zero-order valence-electron chi connectivity index (χ0n) is 14.4. The summed E-state index contributed by atoms with van der Waals surface area (Å²) in [4.78, 5) is 11.9. The molecule has 1 saturated heterocycles. The highest BCUT2D eigenvalue weighted by Crippen LogP contribution is 2.26. The van der Waals surface area contributed by atoms with E-state index < -0.39 is 10.0 Å². The molecule has 0 aliphatic carbocycles. The molecule has 1 fully saturated rings. The van der Waals surface area contributed by atoms with Crippen LogP contribution in [0.4, 0.5) is 0 Å². The number of nitrogens with zero attached hydrogens (tertiary/aromatic N) is 2. The van der Waals surface area contributed by atoms with Crippen molar-refractivity contribution in [1.82, 2.24) is 19.5 Å². The molecule has 2 heterocycles. The summed E-state index contributed by atoms with van der Waals surface area (Å²) in [5.41, 5.74) is 0.343. The molecule has 1 aliphatic heterocycles. The minimum atomic E-state index is -3.53. The van der Waals surface area contributed by atoms with Crippen molar-refractivity contribution in [1.29, 1.82) is 0 Å². The molecule has 0 unspecified atom stereocenters. The highest BCUT2D eigenvalue weighted by atomic mass is 35.5. The predicted octanol–water partition coefficient (Wildman–Crippen LogP) is 0.817. The molecule has 0 aromatic carbocycles. The number of halogens is 1. The number of hydrogen-bond acceptors (Lipinski definition) is 4. The van der Waals surface area contributed by atoms with Crippen molar-refractivity contribution in [3.8, 4) is 0 Å². The topological polar surface area (TPSA) is 83.4 Å². The Morgan fingerprint density at radius 3 is 2.46 bits per heavy atom. The average Bonchev–Trinajstić information content (AvgIpc) is 2.95. The van der Waals surface area contributed by atoms with Gasteiger partial charge in [-0.3, -0.25) is 4.79 Å². The number of carbonyl (C=O) groups is 1. The van der Waals surface area contributed by atoms with Crippen LogP contribution in [0.2, 0.25) is 0 Å². The fraction of sp³-hybridized carbons (Fsp3) is 0.667. The number of nitrogens with one attached hydrogen (secondary N) is 2. The molecule has 0 radical (unpaired) electrons. The molecule has 9 heteroatoms. The largest absolute Gasteiger partial charge is 0.354 e. The molecule has 2 rings (SSSR count). The Balaban J connectivity index is 0.00000288. The number of carbonyl (C=O) groups excluding carboxylic acids is 1. The lowest BCUT2D eigenvalue weighted by atomic mass is 9.95. The van der Waals surface area contributed by atoms with Crippen molar-refractivity contribution >= 4 is 28.3 Å². The Morgan fingerprint density at radius 2 is 1.92 bits per heavy atom. The highest BCUT2D eigenvalue weighted by molar-refractivity contribution is 7.89. The van der Waals surface area contributed by atoms with E-state index in [0.29, 0.717) is 24.7 Å². The molecule has 1 aromatic heterocycles. The van der Waals surface area contributed by atoms with Gasteiger partial charge >= 0.3 is 0 Å². The first-order chi connectivity index (χ1) is 10.9. The fourth-order valence-electron chi connectivity index (χ4n) is 2.96. The minimum absolute atomic E-state index is 0. The van der Waals surface area contributed by atoms with Crippen LogP contribution < -0.4 is 10.6 Å². The highest BCUT2D eigenvalue weighted by Gasteiger charge is 2.30. The summed E-state index contributed by atoms with van der Waals surface area (Å²) in [5, 5.41) is 5.65. The van der Waals surface area contributed by atoms with Crippen molar-refractivity contribution in [2.24, 2.45) is 13.0 Å². The van der Waals surface area contributed by atoms with Crippen LogP contribution in [-0.4, -0.2) is 56.9 Å². The lowest BCUT2D eigenvalue weighted by molar-refractivity contribution is 0.0955. The maximum absolute atomic E-state index is 12.8. The molecule has 2 N–H and O–H groups in total. The van der Waals surface area contributed by atoms with E-state index in [1.807, 2.05) is 7.05 Å². The molecule has 1 amide bonds. The summed E-state index contributed by atoms with van der Waals surface area (Å²) in [6, 6.07) is 1.45. The fourth-order valence-corrected chi connectivity index (χ4v) is 4.51. The van der Waals surface area contributed by atoms with E-state index in [1.54, 1.807) is 11.6 Å². The molecular formula is C15H27ClN4O3S. The molecule has 0 spiro atoms. The molecule has 0 atom stereocenters. The lowest BCUT2D eigenvalue weighted by Gasteiger charge is -2.30. The predicted molar refractivity (Wildman–Crippen MR) is 96.1 cm³/mol. The van der Waals surface area contributed by atoms with Crippen LogP contribution in [0.15, 0.2) is 17.2 Å². The van der Waals surface area contributed by atoms with Crippen LogP contribution >= 0.6 is 12.4 Å². The van der Waals surface area contributed by atoms with Gasteiger partial charge in [-0.15, -0.1) is 12.4 Å². The van der Waals surface area contributed by atoms with Crippen LogP contribution in [0.1, 0.15) is 29.8 Å². The SMILES string of the molecule is CNCCC1CCN(S(=O)(=O)c2cc(C(=O)NC)n(C)c2)CC1.Cl. The van der Waals surface area contributed by atoms with E-state index in [2.05, 4.69) is 10.6 Å². The average molecular weight is 379 g/mol. The van der Waals surface area contributed by atoms with Crippen molar-refractivity contribution in [2.45, 2.75) is 24.2 Å². The third-order valence-corrected chi connectivity index (χ3v) is 6.32. The van der Waals surface area contributed by atoms with Gasteiger partial charge in [-0.25, -0.2) is 8.42 Å². The normalized spacial score (nSPS) is 16.6. The van der Waals surface area contributed by atoms with Crippen LogP contribution in [-0.2, 0) is 17.1 Å². The number of hydrogen-bond donors (Lipinski definition) is 2. The van der Waals surface area contributed by atoms with Crippen molar-refractivity contribution in [3.63, 3.8) is 0 Å². The molecule has 24 heavy (non-hydrogen) atoms. The summed E-state index contributed by atoms with van der Waals surface area (Å²) in [6.07, 6.45) is 4.36. The number of aryl methyl sites for hydroxylation is 1. The first kappa shape index (κ1) is 21.0. The number of piperidine rings is 1. The maximum Gasteiger partial charge on any atom is 0.267 e. The first-order valence-electron chi connectivity index (χ1n) is 7.93. The van der Waals surface area contributed by atoms with E-state index in [4.69, 9.17) is 0 Å². The number of sulfonamides is 1. The van der Waals surface area contributed by atoms with Gasteiger partial charge in [0.2, 0.25) is 10.0 Å². The Kier molecular flexibility index (Phi) is 7.72. The maximum atomic E-state index is 12.8. The Morgan fingerprint density at radius 1 is 1.29 bits per heavy atom. The number of aromatic nitrogens is 1. The molecule has 1 aliphatic rings. The quantitative estimate of drug-likeness (QED) is 0.767. The van der Waals surface area contributed by atoms with Crippen molar-refractivity contribution in [3.05, 3.63) is 18.0 Å². The van der Waals surface area contributed by atoms with Crippen molar-refractivity contribution in [2.75, 3.05) is 33.7 Å². The monoisotopic (exact) mass is 378 g/mol. The van der Waals surface area contributed by atoms with E-state index in [0.717, 1.165) is 25.8 Å². The van der Waals surface area contributed by atoms with Crippen LogP contribution in [0.5, 0.6) is 0 Å². The lowest BCUT2D eigenvalue weighted by Crippen LogP contribution is -2.38. The summed E-state index contributed by atoms with van der Waals surface area (Å²) in [6.45, 7) is 2.05. The Hall–Kier alpha value is -1.09. The molecule has 1 aromatic rings. The number of amides is 1. The van der Waals surface area contributed by atoms with E-state index in [9.17, 15) is 13.2 Å². The second kappa shape index (κ2) is 8.84. The van der Waals surface area contributed by atoms with Crippen molar-refractivity contribution < 1.29 is 13.2 Å². The smallest absolute Gasteiger partial charge is 0.267 e. The Bertz CT molecular complexity index is 652. The van der Waals surface area contributed by atoms with Gasteiger partial charge < -0.3 is 15.2 Å². The van der Waals surface area contributed by atoms with Gasteiger partial charge in [0.15, 0.2) is 0 Å². The molecule has 0 saturated carbocycles. The summed E-state index contributed by atoms with van der Waals surface area (Å²) < 4.78 is 28.6. The minimum Gasteiger partial charge on any atom is -0.354 e.